The van der Waals surface area contributed by atoms with Crippen LogP contribution in [-0.2, 0) is 14.2 Å². The Morgan fingerprint density at radius 1 is 0.645 bits per heavy atom. The first kappa shape index (κ1) is 26.3. The van der Waals surface area contributed by atoms with Crippen LogP contribution < -0.4 is 0 Å². The molecular weight excluding hydrogens is 468 g/mol. The molecule has 0 aromatic heterocycles. The fourth-order valence-corrected chi connectivity index (χ4v) is 4.22. The van der Waals surface area contributed by atoms with Crippen LogP contribution in [0.25, 0.3) is 0 Å². The van der Waals surface area contributed by atoms with E-state index in [9.17, 15) is 52.7 Å². The summed E-state index contributed by atoms with van der Waals surface area (Å²) in [7, 11) is 0.140. The fourth-order valence-electron chi connectivity index (χ4n) is 4.22. The van der Waals surface area contributed by atoms with Gasteiger partial charge in [-0.05, 0) is 25.7 Å². The Morgan fingerprint density at radius 3 is 1.23 bits per heavy atom. The SMILES string of the molecule is COC(C1CCC(C(OCC2CO2)(C(F)(F)F)C(F)(F)F)CC1)(C(F)(F)F)C(F)(F)F. The van der Waals surface area contributed by atoms with E-state index in [1.807, 2.05) is 0 Å². The normalized spacial score (nSPS) is 26.8. The quantitative estimate of drug-likeness (QED) is 0.363. The molecule has 1 aliphatic carbocycles. The van der Waals surface area contributed by atoms with E-state index in [0.29, 0.717) is 0 Å². The molecule has 1 saturated heterocycles. The Kier molecular flexibility index (Phi) is 6.88. The first-order valence-corrected chi connectivity index (χ1v) is 8.92. The van der Waals surface area contributed by atoms with Gasteiger partial charge in [0, 0.05) is 18.9 Å². The lowest BCUT2D eigenvalue weighted by atomic mass is 9.67. The minimum atomic E-state index is -6.02. The Morgan fingerprint density at radius 2 is 0.968 bits per heavy atom. The van der Waals surface area contributed by atoms with E-state index in [4.69, 9.17) is 0 Å². The largest absolute Gasteiger partial charge is 0.426 e. The fraction of sp³-hybridized carbons (Fsp3) is 1.00. The highest BCUT2D eigenvalue weighted by atomic mass is 19.4. The van der Waals surface area contributed by atoms with Crippen molar-refractivity contribution >= 4 is 0 Å². The molecule has 0 amide bonds. The minimum absolute atomic E-state index is 0.133. The van der Waals surface area contributed by atoms with Crippen LogP contribution in [0.4, 0.5) is 52.7 Å². The third kappa shape index (κ3) is 4.45. The first-order chi connectivity index (χ1) is 13.8. The van der Waals surface area contributed by atoms with Crippen molar-refractivity contribution in [1.82, 2.24) is 0 Å². The molecule has 0 radical (unpaired) electrons. The molecule has 1 saturated carbocycles. The zero-order valence-electron chi connectivity index (χ0n) is 15.7. The maximum Gasteiger partial charge on any atom is 0.426 e. The van der Waals surface area contributed by atoms with E-state index in [-0.39, 0.29) is 13.7 Å². The smallest absolute Gasteiger partial charge is 0.371 e. The van der Waals surface area contributed by atoms with Crippen molar-refractivity contribution < 1.29 is 66.9 Å². The average molecular weight is 486 g/mol. The summed E-state index contributed by atoms with van der Waals surface area (Å²) in [6.45, 7) is -1.21. The Hall–Kier alpha value is -0.960. The maximum atomic E-state index is 13.6. The predicted molar refractivity (Wildman–Crippen MR) is 77.8 cm³/mol. The third-order valence-corrected chi connectivity index (χ3v) is 5.78. The van der Waals surface area contributed by atoms with E-state index in [0.717, 1.165) is 0 Å². The number of rotatable bonds is 6. The molecule has 0 aromatic rings. The van der Waals surface area contributed by atoms with Crippen LogP contribution in [0.15, 0.2) is 0 Å². The topological polar surface area (TPSA) is 31.0 Å². The molecule has 1 unspecified atom stereocenters. The number of epoxide rings is 1. The highest BCUT2D eigenvalue weighted by Crippen LogP contribution is 2.59. The number of ether oxygens (including phenoxy) is 3. The van der Waals surface area contributed by atoms with Crippen molar-refractivity contribution in [3.63, 3.8) is 0 Å². The molecule has 3 nitrogen and oxygen atoms in total. The Bertz CT molecular complexity index is 581. The van der Waals surface area contributed by atoms with Gasteiger partial charge in [-0.15, -0.1) is 0 Å². The molecule has 2 rings (SSSR count). The molecule has 31 heavy (non-hydrogen) atoms. The second-order valence-electron chi connectivity index (χ2n) is 7.48. The molecule has 0 spiro atoms. The second-order valence-corrected chi connectivity index (χ2v) is 7.48. The van der Waals surface area contributed by atoms with Gasteiger partial charge < -0.3 is 14.2 Å². The summed E-state index contributed by atoms with van der Waals surface area (Å²) in [5.41, 5.74) is -9.46. The van der Waals surface area contributed by atoms with E-state index in [2.05, 4.69) is 14.2 Å². The van der Waals surface area contributed by atoms with Gasteiger partial charge in [-0.25, -0.2) is 0 Å². The number of methoxy groups -OCH3 is 1. The van der Waals surface area contributed by atoms with Gasteiger partial charge in [-0.3, -0.25) is 0 Å². The maximum absolute atomic E-state index is 13.6. The molecule has 0 aromatic carbocycles. The lowest BCUT2D eigenvalue weighted by Crippen LogP contribution is -2.66. The molecule has 0 bridgehead atoms. The average Bonchev–Trinajstić information content (AvgIpc) is 3.36. The van der Waals surface area contributed by atoms with Crippen LogP contribution in [-0.4, -0.2) is 62.3 Å². The van der Waals surface area contributed by atoms with Crippen LogP contribution in [0.2, 0.25) is 0 Å². The van der Waals surface area contributed by atoms with Crippen molar-refractivity contribution in [2.75, 3.05) is 20.3 Å². The molecule has 184 valence electrons. The van der Waals surface area contributed by atoms with Crippen molar-refractivity contribution in [2.24, 2.45) is 11.8 Å². The highest BCUT2D eigenvalue weighted by molar-refractivity contribution is 5.07. The number of halogens is 12. The molecule has 2 fully saturated rings. The number of hydrogen-bond acceptors (Lipinski definition) is 3. The second kappa shape index (κ2) is 8.12. The van der Waals surface area contributed by atoms with Crippen LogP contribution in [0, 0.1) is 11.8 Å². The molecule has 15 heteroatoms. The van der Waals surface area contributed by atoms with Crippen LogP contribution in [0.1, 0.15) is 25.7 Å². The van der Waals surface area contributed by atoms with Crippen molar-refractivity contribution in [3.8, 4) is 0 Å². The van der Waals surface area contributed by atoms with Gasteiger partial charge >= 0.3 is 24.7 Å². The molecule has 0 N–H and O–H groups in total. The number of hydrogen-bond donors (Lipinski definition) is 0. The van der Waals surface area contributed by atoms with Gasteiger partial charge in [-0.2, -0.15) is 52.7 Å². The predicted octanol–water partition coefficient (Wildman–Crippen LogP) is 5.58. The van der Waals surface area contributed by atoms with Gasteiger partial charge in [0.2, 0.25) is 0 Å². The Balaban J connectivity index is 2.37. The first-order valence-electron chi connectivity index (χ1n) is 8.92. The zero-order valence-corrected chi connectivity index (χ0v) is 15.7. The van der Waals surface area contributed by atoms with E-state index in [1.54, 1.807) is 0 Å². The zero-order chi connectivity index (χ0) is 24.1. The van der Waals surface area contributed by atoms with Crippen LogP contribution in [0.5, 0.6) is 0 Å². The standard InChI is InChI=1S/C16H18F12O3/c1-29-11(13(17,18)19,14(20,21)22)8-2-4-9(5-3-8)12(15(23,24)25,16(26,27)28)31-7-10-6-30-10/h8-10H,2-7H2,1H3. The molecular formula is C16H18F12O3. The summed E-state index contributed by atoms with van der Waals surface area (Å²) in [5.74, 6) is -4.88. The van der Waals surface area contributed by atoms with E-state index < -0.39 is 86.1 Å². The van der Waals surface area contributed by atoms with Crippen molar-refractivity contribution in [2.45, 2.75) is 67.7 Å². The lowest BCUT2D eigenvalue weighted by Gasteiger charge is -2.48. The van der Waals surface area contributed by atoms with Gasteiger partial charge in [0.15, 0.2) is 0 Å². The summed E-state index contributed by atoms with van der Waals surface area (Å²) >= 11 is 0. The monoisotopic (exact) mass is 486 g/mol. The molecule has 1 heterocycles. The van der Waals surface area contributed by atoms with E-state index >= 15 is 0 Å². The van der Waals surface area contributed by atoms with Gasteiger partial charge in [0.25, 0.3) is 11.2 Å². The van der Waals surface area contributed by atoms with Crippen LogP contribution in [0.3, 0.4) is 0 Å². The summed E-state index contributed by atoms with van der Waals surface area (Å²) in [4.78, 5) is 0. The van der Waals surface area contributed by atoms with E-state index in [1.165, 1.54) is 0 Å². The Labute approximate surface area is 168 Å². The molecule has 1 aliphatic heterocycles. The van der Waals surface area contributed by atoms with Crippen molar-refractivity contribution in [1.29, 1.82) is 0 Å². The highest BCUT2D eigenvalue weighted by Gasteiger charge is 2.78. The number of alkyl halides is 12. The third-order valence-electron chi connectivity index (χ3n) is 5.78. The van der Waals surface area contributed by atoms with Crippen LogP contribution >= 0.6 is 0 Å². The van der Waals surface area contributed by atoms with Crippen molar-refractivity contribution in [3.05, 3.63) is 0 Å². The molecule has 1 atom stereocenters. The summed E-state index contributed by atoms with van der Waals surface area (Å²) in [6.07, 6.45) is -30.0. The summed E-state index contributed by atoms with van der Waals surface area (Å²) < 4.78 is 174. The van der Waals surface area contributed by atoms with Gasteiger partial charge in [-0.1, -0.05) is 0 Å². The lowest BCUT2D eigenvalue weighted by molar-refractivity contribution is -0.409. The summed E-state index contributed by atoms with van der Waals surface area (Å²) in [6, 6.07) is 0. The van der Waals surface area contributed by atoms with Gasteiger partial charge in [0.1, 0.15) is 6.10 Å². The van der Waals surface area contributed by atoms with Gasteiger partial charge in [0.05, 0.1) is 13.2 Å². The summed E-state index contributed by atoms with van der Waals surface area (Å²) in [5, 5.41) is 0. The molecule has 2 aliphatic rings. The minimum Gasteiger partial charge on any atom is -0.371 e.